The monoisotopic (exact) mass is 454 g/mol. The quantitative estimate of drug-likeness (QED) is 0.445. The largest absolute Gasteiger partial charge is 0.479 e. The van der Waals surface area contributed by atoms with Gasteiger partial charge in [0, 0.05) is 17.9 Å². The van der Waals surface area contributed by atoms with E-state index in [0.29, 0.717) is 19.3 Å². The molecule has 8 heteroatoms. The smallest absolute Gasteiger partial charge is 0.407 e. The number of nitrogens with one attached hydrogen (secondary N) is 2. The molecule has 0 aromatic heterocycles. The summed E-state index contributed by atoms with van der Waals surface area (Å²) in [6.45, 7) is 3.31. The summed E-state index contributed by atoms with van der Waals surface area (Å²) < 4.78 is 5.56. The van der Waals surface area contributed by atoms with E-state index in [2.05, 4.69) is 39.9 Å². The number of benzene rings is 2. The number of aliphatic carboxylic acids is 1. The molecule has 0 radical (unpaired) electrons. The van der Waals surface area contributed by atoms with Gasteiger partial charge in [-0.25, -0.2) is 15.1 Å². The van der Waals surface area contributed by atoms with Crippen LogP contribution in [0.5, 0.6) is 0 Å². The van der Waals surface area contributed by atoms with Gasteiger partial charge in [0.2, 0.25) is 5.91 Å². The van der Waals surface area contributed by atoms with E-state index in [1.807, 2.05) is 31.2 Å². The van der Waals surface area contributed by atoms with Gasteiger partial charge in [-0.2, -0.15) is 0 Å². The molecule has 0 aliphatic heterocycles. The Morgan fingerprint density at radius 2 is 1.58 bits per heavy atom. The lowest BCUT2D eigenvalue weighted by atomic mass is 9.98. The van der Waals surface area contributed by atoms with Crippen LogP contribution in [-0.2, 0) is 19.2 Å². The lowest BCUT2D eigenvalue weighted by molar-refractivity contribution is -0.150. The van der Waals surface area contributed by atoms with Gasteiger partial charge >= 0.3 is 12.1 Å². The molecule has 1 aliphatic rings. The molecule has 1 aliphatic carbocycles. The van der Waals surface area contributed by atoms with E-state index < -0.39 is 18.7 Å². The maximum Gasteiger partial charge on any atom is 0.407 e. The zero-order valence-corrected chi connectivity index (χ0v) is 18.9. The minimum Gasteiger partial charge on any atom is -0.479 e. The molecule has 3 rings (SSSR count). The van der Waals surface area contributed by atoms with E-state index in [9.17, 15) is 14.4 Å². The van der Waals surface area contributed by atoms with Crippen LogP contribution in [0.15, 0.2) is 48.5 Å². The Balaban J connectivity index is 1.40. The Bertz CT molecular complexity index is 947. The zero-order valence-electron chi connectivity index (χ0n) is 18.9. The molecule has 2 amide bonds. The number of alkyl carbamates (subject to hydrolysis) is 1. The van der Waals surface area contributed by atoms with Crippen LogP contribution in [0.1, 0.15) is 50.2 Å². The van der Waals surface area contributed by atoms with Crippen LogP contribution in [0.25, 0.3) is 11.1 Å². The van der Waals surface area contributed by atoms with Crippen LogP contribution in [-0.4, -0.2) is 42.3 Å². The molecule has 2 unspecified atom stereocenters. The van der Waals surface area contributed by atoms with Crippen LogP contribution >= 0.6 is 0 Å². The van der Waals surface area contributed by atoms with Gasteiger partial charge in [0.25, 0.3) is 0 Å². The number of carbonyl (C=O) groups excluding carboxylic acids is 2. The van der Waals surface area contributed by atoms with Crippen LogP contribution in [0, 0.1) is 5.92 Å². The van der Waals surface area contributed by atoms with Crippen molar-refractivity contribution in [2.24, 2.45) is 5.92 Å². The first kappa shape index (κ1) is 24.3. The fraction of sp³-hybridized carbons (Fsp3) is 0.400. The van der Waals surface area contributed by atoms with Gasteiger partial charge in [0.1, 0.15) is 6.61 Å². The number of hydrogen-bond donors (Lipinski definition) is 3. The van der Waals surface area contributed by atoms with Gasteiger partial charge in [0.05, 0.1) is 0 Å². The molecule has 0 heterocycles. The van der Waals surface area contributed by atoms with Crippen molar-refractivity contribution in [3.8, 4) is 11.1 Å². The average molecular weight is 455 g/mol. The lowest BCUT2D eigenvalue weighted by Crippen LogP contribution is -2.34. The highest BCUT2D eigenvalue weighted by Gasteiger charge is 2.29. The first-order valence-electron chi connectivity index (χ1n) is 11.1. The van der Waals surface area contributed by atoms with Crippen LogP contribution in [0.4, 0.5) is 4.79 Å². The molecule has 0 bridgehead atoms. The summed E-state index contributed by atoms with van der Waals surface area (Å²) in [5.74, 6) is -1.84. The van der Waals surface area contributed by atoms with Gasteiger partial charge in [-0.1, -0.05) is 61.9 Å². The maximum atomic E-state index is 12.4. The van der Waals surface area contributed by atoms with Crippen molar-refractivity contribution < 1.29 is 29.1 Å². The number of ether oxygens (including phenoxy) is 1. The molecule has 0 saturated carbocycles. The Morgan fingerprint density at radius 1 is 0.970 bits per heavy atom. The normalized spacial score (nSPS) is 14.0. The first-order valence-corrected chi connectivity index (χ1v) is 11.1. The topological polar surface area (TPSA) is 114 Å². The highest BCUT2D eigenvalue weighted by molar-refractivity contribution is 5.79. The minimum atomic E-state index is -1.16. The molecule has 33 heavy (non-hydrogen) atoms. The summed E-state index contributed by atoms with van der Waals surface area (Å²) in [6.07, 6.45) is 1.51. The molecule has 3 N–H and O–H groups in total. The molecule has 0 fully saturated rings. The van der Waals surface area contributed by atoms with Gasteiger partial charge in [-0.15, -0.1) is 0 Å². The summed E-state index contributed by atoms with van der Waals surface area (Å²) in [5, 5.41) is 11.4. The van der Waals surface area contributed by atoms with Gasteiger partial charge in [-0.3, -0.25) is 9.63 Å². The van der Waals surface area contributed by atoms with Crippen molar-refractivity contribution in [1.82, 2.24) is 10.8 Å². The average Bonchev–Trinajstić information content (AvgIpc) is 3.11. The second kappa shape index (κ2) is 11.5. The van der Waals surface area contributed by atoms with Crippen molar-refractivity contribution in [2.45, 2.75) is 45.1 Å². The van der Waals surface area contributed by atoms with E-state index in [0.717, 1.165) is 0 Å². The van der Waals surface area contributed by atoms with E-state index in [1.54, 1.807) is 6.92 Å². The highest BCUT2D eigenvalue weighted by Crippen LogP contribution is 2.44. The van der Waals surface area contributed by atoms with Crippen molar-refractivity contribution in [1.29, 1.82) is 0 Å². The summed E-state index contributed by atoms with van der Waals surface area (Å²) in [4.78, 5) is 39.2. The summed E-state index contributed by atoms with van der Waals surface area (Å²) in [5.41, 5.74) is 6.83. The second-order valence-electron chi connectivity index (χ2n) is 8.35. The number of rotatable bonds is 11. The number of fused-ring (bicyclic) bond motifs is 3. The van der Waals surface area contributed by atoms with Gasteiger partial charge in [-0.05, 0) is 42.0 Å². The fourth-order valence-corrected chi connectivity index (χ4v) is 4.04. The van der Waals surface area contributed by atoms with Crippen molar-refractivity contribution in [3.05, 3.63) is 59.7 Å². The van der Waals surface area contributed by atoms with Gasteiger partial charge in [0.15, 0.2) is 6.61 Å². The Kier molecular flexibility index (Phi) is 8.43. The minimum absolute atomic E-state index is 0.0150. The predicted octanol–water partition coefficient (Wildman–Crippen LogP) is 3.85. The Labute approximate surface area is 193 Å². The standard InChI is InChI=1S/C25H30N2O6/c1-16(24(30)27-33-15-23(28)29)8-7-9-17(2)26-25(31)32-14-22-20-12-5-3-10-18(20)19-11-4-6-13-21(19)22/h3-6,10-13,16-17,22H,7-9,14-15H2,1-2H3,(H,26,31)(H,27,30)(H,28,29). The van der Waals surface area contributed by atoms with E-state index in [1.165, 1.54) is 22.3 Å². The molecular formula is C25H30N2O6. The summed E-state index contributed by atoms with van der Waals surface area (Å²) in [7, 11) is 0. The third-order valence-electron chi connectivity index (χ3n) is 5.80. The van der Waals surface area contributed by atoms with Crippen LogP contribution < -0.4 is 10.8 Å². The van der Waals surface area contributed by atoms with E-state index >= 15 is 0 Å². The summed E-state index contributed by atoms with van der Waals surface area (Å²) >= 11 is 0. The zero-order chi connectivity index (χ0) is 23.8. The highest BCUT2D eigenvalue weighted by atomic mass is 16.7. The molecule has 0 spiro atoms. The van der Waals surface area contributed by atoms with Crippen LogP contribution in [0.2, 0.25) is 0 Å². The van der Waals surface area contributed by atoms with Crippen LogP contribution in [0.3, 0.4) is 0 Å². The van der Waals surface area contributed by atoms with Gasteiger partial charge < -0.3 is 15.2 Å². The van der Waals surface area contributed by atoms with Crippen molar-refractivity contribution >= 4 is 18.0 Å². The molecule has 2 atom stereocenters. The fourth-order valence-electron chi connectivity index (χ4n) is 4.04. The Morgan fingerprint density at radius 3 is 2.18 bits per heavy atom. The molecule has 2 aromatic rings. The second-order valence-corrected chi connectivity index (χ2v) is 8.35. The molecule has 0 saturated heterocycles. The third kappa shape index (κ3) is 6.55. The predicted molar refractivity (Wildman–Crippen MR) is 122 cm³/mol. The number of carboxylic acid groups (broad SMARTS) is 1. The maximum absolute atomic E-state index is 12.4. The number of amides is 2. The van der Waals surface area contributed by atoms with E-state index in [-0.39, 0.29) is 30.4 Å². The summed E-state index contributed by atoms with van der Waals surface area (Å²) in [6, 6.07) is 16.3. The number of hydroxylamine groups is 1. The molecule has 8 nitrogen and oxygen atoms in total. The SMILES string of the molecule is CC(CCCC(C)C(=O)NOCC(=O)O)NC(=O)OCC1c2ccccc2-c2ccccc21. The number of carbonyl (C=O) groups is 3. The van der Waals surface area contributed by atoms with Crippen molar-refractivity contribution in [3.63, 3.8) is 0 Å². The number of carboxylic acids is 1. The molecule has 176 valence electrons. The Hall–Kier alpha value is -3.39. The molecular weight excluding hydrogens is 424 g/mol. The first-order chi connectivity index (χ1) is 15.9. The van der Waals surface area contributed by atoms with Crippen molar-refractivity contribution in [2.75, 3.05) is 13.2 Å². The molecule has 2 aromatic carbocycles. The lowest BCUT2D eigenvalue weighted by Gasteiger charge is -2.18. The van der Waals surface area contributed by atoms with E-state index in [4.69, 9.17) is 9.84 Å². The third-order valence-corrected chi connectivity index (χ3v) is 5.80. The number of hydrogen-bond acceptors (Lipinski definition) is 5.